The molecule has 1 amide bonds. The number of benzene rings is 2. The Hall–Kier alpha value is -2.69. The summed E-state index contributed by atoms with van der Waals surface area (Å²) in [5.41, 5.74) is 6.47. The molecule has 10 heteroatoms. The molecule has 0 spiro atoms. The van der Waals surface area contributed by atoms with Crippen molar-refractivity contribution in [3.05, 3.63) is 48.0 Å². The van der Waals surface area contributed by atoms with Gasteiger partial charge in [0.2, 0.25) is 15.2 Å². The number of hydrogen-bond acceptors (Lipinski definition) is 7. The van der Waals surface area contributed by atoms with Crippen LogP contribution in [0, 0.1) is 5.92 Å². The number of sulfonamides is 1. The summed E-state index contributed by atoms with van der Waals surface area (Å²) in [6.07, 6.45) is 1.91. The molecule has 164 valence electrons. The summed E-state index contributed by atoms with van der Waals surface area (Å²) in [6.45, 7) is 3.12. The molecular weight excluding hydrogens is 436 g/mol. The van der Waals surface area contributed by atoms with E-state index in [0.717, 1.165) is 17.5 Å². The van der Waals surface area contributed by atoms with Gasteiger partial charge in [-0.15, -0.1) is 0 Å². The van der Waals surface area contributed by atoms with E-state index in [2.05, 4.69) is 22.8 Å². The van der Waals surface area contributed by atoms with Crippen LogP contribution in [0.2, 0.25) is 0 Å². The van der Waals surface area contributed by atoms with Crippen molar-refractivity contribution in [2.75, 3.05) is 25.6 Å². The van der Waals surface area contributed by atoms with E-state index in [1.807, 2.05) is 18.2 Å². The van der Waals surface area contributed by atoms with E-state index in [1.54, 1.807) is 7.11 Å². The zero-order valence-electron chi connectivity index (χ0n) is 17.3. The number of nitrogens with zero attached hydrogens (tertiary/aromatic N) is 2. The first-order chi connectivity index (χ1) is 14.9. The minimum absolute atomic E-state index is 0.198. The van der Waals surface area contributed by atoms with Crippen LogP contribution in [0.5, 0.6) is 5.75 Å². The summed E-state index contributed by atoms with van der Waals surface area (Å²) >= 11 is 1.38. The molecular formula is C21H24N4O4S2. The van der Waals surface area contributed by atoms with E-state index >= 15 is 0 Å². The van der Waals surface area contributed by atoms with E-state index in [1.165, 1.54) is 39.9 Å². The molecule has 2 N–H and O–H groups in total. The lowest BCUT2D eigenvalue weighted by Gasteiger charge is -2.30. The molecule has 1 atom stereocenters. The van der Waals surface area contributed by atoms with Gasteiger partial charge < -0.3 is 4.74 Å². The lowest BCUT2D eigenvalue weighted by Crippen LogP contribution is -2.39. The average molecular weight is 461 g/mol. The maximum absolute atomic E-state index is 12.9. The third-order valence-corrected chi connectivity index (χ3v) is 8.07. The normalized spacial score (nSPS) is 17.4. The largest absolute Gasteiger partial charge is 0.494 e. The Labute approximate surface area is 185 Å². The fraction of sp³-hybridized carbons (Fsp3) is 0.333. The second-order valence-electron chi connectivity index (χ2n) is 7.54. The van der Waals surface area contributed by atoms with Gasteiger partial charge in [0.15, 0.2) is 0 Å². The van der Waals surface area contributed by atoms with Crippen LogP contribution < -0.4 is 15.6 Å². The zero-order chi connectivity index (χ0) is 22.0. The first-order valence-corrected chi connectivity index (χ1v) is 12.2. The molecule has 1 aromatic heterocycles. The maximum Gasteiger partial charge on any atom is 0.269 e. The van der Waals surface area contributed by atoms with Gasteiger partial charge in [-0.1, -0.05) is 24.3 Å². The quantitative estimate of drug-likeness (QED) is 0.546. The molecule has 31 heavy (non-hydrogen) atoms. The van der Waals surface area contributed by atoms with Gasteiger partial charge in [-0.25, -0.2) is 13.4 Å². The number of carbonyl (C=O) groups excluding carboxylic acids is 1. The fourth-order valence-corrected chi connectivity index (χ4v) is 6.05. The standard InChI is InChI=1S/C21H24N4O4S2/c1-14-5-4-12-25(13-14)31(27,28)16-10-8-15(9-11-16)20(26)23-24-21-22-19-17(29-2)6-3-7-18(19)30-21/h3,6-11,14H,4-5,12-13H2,1-2H3,(H,22,24)(H,23,26)/t14-/m0/s1. The average Bonchev–Trinajstić information content (AvgIpc) is 3.21. The van der Waals surface area contributed by atoms with Gasteiger partial charge in [0, 0.05) is 18.7 Å². The van der Waals surface area contributed by atoms with Crippen molar-refractivity contribution in [3.63, 3.8) is 0 Å². The number of piperidine rings is 1. The molecule has 0 unspecified atom stereocenters. The number of hydrazine groups is 1. The molecule has 2 heterocycles. The Bertz CT molecular complexity index is 1190. The van der Waals surface area contributed by atoms with Crippen molar-refractivity contribution in [1.82, 2.24) is 14.7 Å². The number of carbonyl (C=O) groups is 1. The lowest BCUT2D eigenvalue weighted by atomic mass is 10.0. The van der Waals surface area contributed by atoms with Crippen LogP contribution in [0.3, 0.4) is 0 Å². The molecule has 2 aromatic carbocycles. The van der Waals surface area contributed by atoms with Crippen LogP contribution in [-0.2, 0) is 10.0 Å². The van der Waals surface area contributed by atoms with E-state index in [-0.39, 0.29) is 10.8 Å². The number of methoxy groups -OCH3 is 1. The summed E-state index contributed by atoms with van der Waals surface area (Å²) in [7, 11) is -1.97. The molecule has 1 fully saturated rings. The predicted molar refractivity (Wildman–Crippen MR) is 121 cm³/mol. The Morgan fingerprint density at radius 3 is 2.71 bits per heavy atom. The van der Waals surface area contributed by atoms with Crippen molar-refractivity contribution < 1.29 is 17.9 Å². The number of anilines is 1. The number of nitrogens with one attached hydrogen (secondary N) is 2. The first-order valence-electron chi connectivity index (χ1n) is 9.98. The van der Waals surface area contributed by atoms with Gasteiger partial charge in [0.25, 0.3) is 5.91 Å². The van der Waals surface area contributed by atoms with Crippen LogP contribution >= 0.6 is 11.3 Å². The van der Waals surface area contributed by atoms with Crippen molar-refractivity contribution in [2.24, 2.45) is 5.92 Å². The fourth-order valence-electron chi connectivity index (χ4n) is 3.62. The molecule has 0 radical (unpaired) electrons. The first kappa shape index (κ1) is 21.5. The second kappa shape index (κ2) is 8.81. The van der Waals surface area contributed by atoms with Crippen LogP contribution in [0.4, 0.5) is 5.13 Å². The van der Waals surface area contributed by atoms with Crippen molar-refractivity contribution in [3.8, 4) is 5.75 Å². The van der Waals surface area contributed by atoms with Crippen molar-refractivity contribution in [1.29, 1.82) is 0 Å². The highest BCUT2D eigenvalue weighted by Crippen LogP contribution is 2.31. The minimum atomic E-state index is -3.55. The molecule has 0 saturated carbocycles. The van der Waals surface area contributed by atoms with Gasteiger partial charge >= 0.3 is 0 Å². The highest BCUT2D eigenvalue weighted by Gasteiger charge is 2.28. The molecule has 1 aliphatic rings. The zero-order valence-corrected chi connectivity index (χ0v) is 18.9. The van der Waals surface area contributed by atoms with E-state index < -0.39 is 10.0 Å². The molecule has 0 bridgehead atoms. The van der Waals surface area contributed by atoms with E-state index in [4.69, 9.17) is 4.74 Å². The molecule has 4 rings (SSSR count). The number of hydrogen-bond donors (Lipinski definition) is 2. The molecule has 8 nitrogen and oxygen atoms in total. The van der Waals surface area contributed by atoms with Gasteiger partial charge in [0.05, 0.1) is 16.7 Å². The third-order valence-electron chi connectivity index (χ3n) is 5.26. The number of para-hydroxylation sites is 1. The Morgan fingerprint density at radius 1 is 1.23 bits per heavy atom. The highest BCUT2D eigenvalue weighted by atomic mass is 32.2. The highest BCUT2D eigenvalue weighted by molar-refractivity contribution is 7.89. The molecule has 3 aromatic rings. The van der Waals surface area contributed by atoms with Crippen LogP contribution in [0.1, 0.15) is 30.1 Å². The van der Waals surface area contributed by atoms with E-state index in [9.17, 15) is 13.2 Å². The number of rotatable bonds is 6. The van der Waals surface area contributed by atoms with Crippen LogP contribution in [0.25, 0.3) is 10.2 Å². The van der Waals surface area contributed by atoms with Gasteiger partial charge in [-0.3, -0.25) is 15.6 Å². The number of thiazole rings is 1. The smallest absolute Gasteiger partial charge is 0.269 e. The Kier molecular flexibility index (Phi) is 6.12. The molecule has 0 aliphatic carbocycles. The van der Waals surface area contributed by atoms with Gasteiger partial charge in [0.1, 0.15) is 11.3 Å². The summed E-state index contributed by atoms with van der Waals surface area (Å²) in [4.78, 5) is 17.1. The summed E-state index contributed by atoms with van der Waals surface area (Å²) in [5, 5.41) is 0.520. The van der Waals surface area contributed by atoms with Crippen molar-refractivity contribution >= 4 is 42.6 Å². The summed E-state index contributed by atoms with van der Waals surface area (Å²) < 4.78 is 33.5. The number of fused-ring (bicyclic) bond motifs is 1. The van der Waals surface area contributed by atoms with Crippen LogP contribution in [0.15, 0.2) is 47.4 Å². The SMILES string of the molecule is COc1cccc2sc(NNC(=O)c3ccc(S(=O)(=O)N4CCC[C@H](C)C4)cc3)nc12. The summed E-state index contributed by atoms with van der Waals surface area (Å²) in [6, 6.07) is 11.6. The van der Waals surface area contributed by atoms with Gasteiger partial charge in [-0.2, -0.15) is 4.31 Å². The Balaban J connectivity index is 1.43. The van der Waals surface area contributed by atoms with Gasteiger partial charge in [-0.05, 0) is 55.2 Å². The minimum Gasteiger partial charge on any atom is -0.494 e. The lowest BCUT2D eigenvalue weighted by molar-refractivity contribution is 0.0962. The third kappa shape index (κ3) is 4.51. The predicted octanol–water partition coefficient (Wildman–Crippen LogP) is 3.48. The number of ether oxygens (including phenoxy) is 1. The monoisotopic (exact) mass is 460 g/mol. The number of aromatic nitrogens is 1. The van der Waals surface area contributed by atoms with Crippen molar-refractivity contribution in [2.45, 2.75) is 24.7 Å². The van der Waals surface area contributed by atoms with E-state index in [0.29, 0.717) is 41.0 Å². The molecule has 1 saturated heterocycles. The molecule has 1 aliphatic heterocycles. The maximum atomic E-state index is 12.9. The van der Waals surface area contributed by atoms with Crippen LogP contribution in [-0.4, -0.2) is 43.8 Å². The Morgan fingerprint density at radius 2 is 2.00 bits per heavy atom. The summed E-state index contributed by atoms with van der Waals surface area (Å²) in [5.74, 6) is 0.622. The number of amides is 1. The second-order valence-corrected chi connectivity index (χ2v) is 10.5. The topological polar surface area (TPSA) is 101 Å².